The molecule has 1 aliphatic carbocycles. The van der Waals surface area contributed by atoms with E-state index < -0.39 is 0 Å². The van der Waals surface area contributed by atoms with Crippen molar-refractivity contribution in [2.45, 2.75) is 38.0 Å². The molecule has 0 unspecified atom stereocenters. The van der Waals surface area contributed by atoms with E-state index in [1.807, 2.05) is 11.0 Å². The maximum atomic E-state index is 13.8. The molecule has 3 nitrogen and oxygen atoms in total. The number of halogens is 1. The first kappa shape index (κ1) is 14.0. The number of hydrogen-bond acceptors (Lipinski definition) is 2. The highest BCUT2D eigenvalue weighted by Gasteiger charge is 2.45. The van der Waals surface area contributed by atoms with Crippen molar-refractivity contribution in [3.63, 3.8) is 0 Å². The molecule has 1 amide bonds. The van der Waals surface area contributed by atoms with Gasteiger partial charge in [0.2, 0.25) is 5.91 Å². The molecule has 1 spiro atoms. The standard InChI is InChI=1S/C18H23FN2O/c1-13(22)20-8-6-18(7-9-20)12-21(11-14-2-3-14)17-5-4-15(19)10-16(17)18/h4-5,10,14H,2-3,6-9,11-12H2,1H3. The van der Waals surface area contributed by atoms with Crippen LogP contribution in [0.4, 0.5) is 10.1 Å². The van der Waals surface area contributed by atoms with Crippen LogP contribution in [0, 0.1) is 11.7 Å². The van der Waals surface area contributed by atoms with E-state index in [4.69, 9.17) is 0 Å². The first-order chi connectivity index (χ1) is 10.6. The molecule has 0 aromatic heterocycles. The number of amides is 1. The van der Waals surface area contributed by atoms with Crippen LogP contribution in [0.1, 0.15) is 38.2 Å². The summed E-state index contributed by atoms with van der Waals surface area (Å²) < 4.78 is 13.8. The Morgan fingerprint density at radius 3 is 2.68 bits per heavy atom. The molecule has 1 saturated heterocycles. The number of hydrogen-bond donors (Lipinski definition) is 0. The zero-order valence-electron chi connectivity index (χ0n) is 13.1. The number of carbonyl (C=O) groups is 1. The second-order valence-corrected chi connectivity index (χ2v) is 7.27. The van der Waals surface area contributed by atoms with E-state index in [1.165, 1.54) is 24.1 Å². The summed E-state index contributed by atoms with van der Waals surface area (Å²) in [5, 5.41) is 0. The van der Waals surface area contributed by atoms with Gasteiger partial charge in [-0.15, -0.1) is 0 Å². The van der Waals surface area contributed by atoms with Crippen LogP contribution in [0.25, 0.3) is 0 Å². The van der Waals surface area contributed by atoms with Crippen molar-refractivity contribution in [1.82, 2.24) is 4.90 Å². The van der Waals surface area contributed by atoms with E-state index in [-0.39, 0.29) is 17.1 Å². The van der Waals surface area contributed by atoms with Gasteiger partial charge in [-0.25, -0.2) is 4.39 Å². The summed E-state index contributed by atoms with van der Waals surface area (Å²) in [7, 11) is 0. The molecule has 118 valence electrons. The first-order valence-corrected chi connectivity index (χ1v) is 8.38. The van der Waals surface area contributed by atoms with Crippen LogP contribution in [0.15, 0.2) is 18.2 Å². The summed E-state index contributed by atoms with van der Waals surface area (Å²) in [6.07, 6.45) is 4.56. The third-order valence-corrected chi connectivity index (χ3v) is 5.71. The fourth-order valence-corrected chi connectivity index (χ4v) is 4.20. The minimum absolute atomic E-state index is 0.0400. The van der Waals surface area contributed by atoms with Gasteiger partial charge in [0, 0.05) is 44.2 Å². The second-order valence-electron chi connectivity index (χ2n) is 7.27. The lowest BCUT2D eigenvalue weighted by Crippen LogP contribution is -2.46. The summed E-state index contributed by atoms with van der Waals surface area (Å²) in [6, 6.07) is 5.28. The van der Waals surface area contributed by atoms with E-state index in [9.17, 15) is 9.18 Å². The van der Waals surface area contributed by atoms with E-state index in [1.54, 1.807) is 19.1 Å². The van der Waals surface area contributed by atoms with Crippen LogP contribution in [-0.2, 0) is 10.2 Å². The minimum atomic E-state index is -0.139. The van der Waals surface area contributed by atoms with Gasteiger partial charge in [0.25, 0.3) is 0 Å². The zero-order valence-corrected chi connectivity index (χ0v) is 13.1. The lowest BCUT2D eigenvalue weighted by Gasteiger charge is -2.39. The molecule has 1 aromatic rings. The molecule has 1 saturated carbocycles. The molecular weight excluding hydrogens is 279 g/mol. The number of anilines is 1. The van der Waals surface area contributed by atoms with Crippen molar-refractivity contribution < 1.29 is 9.18 Å². The van der Waals surface area contributed by atoms with E-state index in [0.717, 1.165) is 44.9 Å². The molecule has 0 radical (unpaired) electrons. The summed E-state index contributed by atoms with van der Waals surface area (Å²) in [6.45, 7) is 5.33. The molecule has 4 heteroatoms. The minimum Gasteiger partial charge on any atom is -0.370 e. The molecule has 0 bridgehead atoms. The monoisotopic (exact) mass is 302 g/mol. The van der Waals surface area contributed by atoms with Gasteiger partial charge < -0.3 is 9.80 Å². The first-order valence-electron chi connectivity index (χ1n) is 8.38. The van der Waals surface area contributed by atoms with Gasteiger partial charge in [-0.05, 0) is 55.4 Å². The van der Waals surface area contributed by atoms with Crippen LogP contribution < -0.4 is 4.90 Å². The Balaban J connectivity index is 1.63. The summed E-state index contributed by atoms with van der Waals surface area (Å²) in [5.74, 6) is 0.841. The van der Waals surface area contributed by atoms with Crippen molar-refractivity contribution in [1.29, 1.82) is 0 Å². The van der Waals surface area contributed by atoms with E-state index in [2.05, 4.69) is 4.90 Å². The van der Waals surface area contributed by atoms with Gasteiger partial charge in [0.05, 0.1) is 0 Å². The Labute approximate surface area is 131 Å². The Kier molecular flexibility index (Phi) is 3.17. The van der Waals surface area contributed by atoms with Gasteiger partial charge in [-0.2, -0.15) is 0 Å². The van der Waals surface area contributed by atoms with Gasteiger partial charge in [-0.3, -0.25) is 4.79 Å². The second kappa shape index (κ2) is 4.97. The van der Waals surface area contributed by atoms with Crippen LogP contribution in [0.5, 0.6) is 0 Å². The average Bonchev–Trinajstić information content (AvgIpc) is 3.26. The maximum absolute atomic E-state index is 13.8. The Morgan fingerprint density at radius 2 is 2.05 bits per heavy atom. The van der Waals surface area contributed by atoms with Crippen molar-refractivity contribution >= 4 is 11.6 Å². The largest absolute Gasteiger partial charge is 0.370 e. The van der Waals surface area contributed by atoms with Crippen molar-refractivity contribution in [2.24, 2.45) is 5.92 Å². The number of rotatable bonds is 2. The van der Waals surface area contributed by atoms with Crippen molar-refractivity contribution in [3.05, 3.63) is 29.6 Å². The van der Waals surface area contributed by atoms with Crippen LogP contribution in [0.2, 0.25) is 0 Å². The third-order valence-electron chi connectivity index (χ3n) is 5.71. The van der Waals surface area contributed by atoms with E-state index >= 15 is 0 Å². The van der Waals surface area contributed by atoms with Crippen LogP contribution in [0.3, 0.4) is 0 Å². The molecule has 2 aliphatic heterocycles. The highest BCUT2D eigenvalue weighted by atomic mass is 19.1. The number of carbonyl (C=O) groups excluding carboxylic acids is 1. The SMILES string of the molecule is CC(=O)N1CCC2(CC1)CN(CC1CC1)c1ccc(F)cc12. The molecule has 3 aliphatic rings. The number of likely N-dealkylation sites (tertiary alicyclic amines) is 1. The van der Waals surface area contributed by atoms with Crippen molar-refractivity contribution in [2.75, 3.05) is 31.1 Å². The third kappa shape index (κ3) is 2.29. The zero-order chi connectivity index (χ0) is 15.3. The molecule has 1 aromatic carbocycles. The molecular formula is C18H23FN2O. The summed E-state index contributed by atoms with van der Waals surface area (Å²) in [5.41, 5.74) is 2.44. The van der Waals surface area contributed by atoms with Gasteiger partial charge >= 0.3 is 0 Å². The highest BCUT2D eigenvalue weighted by molar-refractivity contribution is 5.73. The fourth-order valence-electron chi connectivity index (χ4n) is 4.20. The number of benzene rings is 1. The molecule has 2 heterocycles. The maximum Gasteiger partial charge on any atom is 0.219 e. The lowest BCUT2D eigenvalue weighted by molar-refractivity contribution is -0.130. The highest BCUT2D eigenvalue weighted by Crippen LogP contribution is 2.48. The number of nitrogens with zero attached hydrogens (tertiary/aromatic N) is 2. The van der Waals surface area contributed by atoms with Gasteiger partial charge in [0.15, 0.2) is 0 Å². The molecule has 4 rings (SSSR count). The normalized spacial score (nSPS) is 23.0. The van der Waals surface area contributed by atoms with Crippen molar-refractivity contribution in [3.8, 4) is 0 Å². The predicted molar refractivity (Wildman–Crippen MR) is 84.5 cm³/mol. The molecule has 22 heavy (non-hydrogen) atoms. The Morgan fingerprint density at radius 1 is 1.32 bits per heavy atom. The molecule has 0 atom stereocenters. The Bertz CT molecular complexity index is 603. The average molecular weight is 302 g/mol. The van der Waals surface area contributed by atoms with Gasteiger partial charge in [-0.1, -0.05) is 0 Å². The van der Waals surface area contributed by atoms with Crippen LogP contribution in [-0.4, -0.2) is 37.0 Å². The summed E-state index contributed by atoms with van der Waals surface area (Å²) in [4.78, 5) is 16.0. The molecule has 0 N–H and O–H groups in total. The summed E-state index contributed by atoms with van der Waals surface area (Å²) >= 11 is 0. The van der Waals surface area contributed by atoms with Crippen LogP contribution >= 0.6 is 0 Å². The lowest BCUT2D eigenvalue weighted by atomic mass is 9.74. The quantitative estimate of drug-likeness (QED) is 0.838. The fraction of sp³-hybridized carbons (Fsp3) is 0.611. The predicted octanol–water partition coefficient (Wildman–Crippen LogP) is 2.94. The topological polar surface area (TPSA) is 23.6 Å². The van der Waals surface area contributed by atoms with Gasteiger partial charge in [0.1, 0.15) is 5.82 Å². The molecule has 2 fully saturated rings. The number of fused-ring (bicyclic) bond motifs is 2. The Hall–Kier alpha value is -1.58. The van der Waals surface area contributed by atoms with E-state index in [0.29, 0.717) is 0 Å². The number of piperidine rings is 1. The smallest absolute Gasteiger partial charge is 0.219 e.